The molecule has 126 valence electrons. The van der Waals surface area contributed by atoms with Crippen LogP contribution in [0.4, 0.5) is 0 Å². The van der Waals surface area contributed by atoms with Crippen molar-refractivity contribution in [2.45, 2.75) is 25.8 Å². The lowest BCUT2D eigenvalue weighted by Crippen LogP contribution is -2.31. The van der Waals surface area contributed by atoms with Gasteiger partial charge in [0.1, 0.15) is 5.75 Å². The summed E-state index contributed by atoms with van der Waals surface area (Å²) < 4.78 is 5.15. The molecule has 0 spiro atoms. The van der Waals surface area contributed by atoms with Crippen molar-refractivity contribution in [3.63, 3.8) is 0 Å². The quantitative estimate of drug-likeness (QED) is 0.820. The largest absolute Gasteiger partial charge is 0.497 e. The number of methoxy groups -OCH3 is 1. The summed E-state index contributed by atoms with van der Waals surface area (Å²) >= 11 is 0. The highest BCUT2D eigenvalue weighted by molar-refractivity contribution is 5.80. The van der Waals surface area contributed by atoms with E-state index >= 15 is 0 Å². The molecule has 0 aliphatic rings. The van der Waals surface area contributed by atoms with Gasteiger partial charge in [-0.1, -0.05) is 36.4 Å². The normalized spacial score (nSPS) is 11.6. The van der Waals surface area contributed by atoms with Gasteiger partial charge in [-0.05, 0) is 35.7 Å². The summed E-state index contributed by atoms with van der Waals surface area (Å²) in [6, 6.07) is 14.2. The van der Waals surface area contributed by atoms with Crippen molar-refractivity contribution in [3.8, 4) is 5.75 Å². The lowest BCUT2D eigenvalue weighted by molar-refractivity contribution is -0.137. The summed E-state index contributed by atoms with van der Waals surface area (Å²) in [4.78, 5) is 23.5. The van der Waals surface area contributed by atoms with Crippen LogP contribution in [0.15, 0.2) is 48.5 Å². The fourth-order valence-electron chi connectivity index (χ4n) is 2.60. The Kier molecular flexibility index (Phi) is 5.95. The van der Waals surface area contributed by atoms with Gasteiger partial charge in [0.25, 0.3) is 0 Å². The highest BCUT2D eigenvalue weighted by atomic mass is 16.5. The molecule has 1 amide bonds. The zero-order valence-electron chi connectivity index (χ0n) is 13.8. The maximum Gasteiger partial charge on any atom is 0.305 e. The Balaban J connectivity index is 2.12. The summed E-state index contributed by atoms with van der Waals surface area (Å²) in [6.45, 7) is 1.90. The monoisotopic (exact) mass is 327 g/mol. The molecular weight excluding hydrogens is 306 g/mol. The van der Waals surface area contributed by atoms with Crippen LogP contribution < -0.4 is 10.1 Å². The Hall–Kier alpha value is -2.82. The van der Waals surface area contributed by atoms with Gasteiger partial charge in [-0.2, -0.15) is 0 Å². The highest BCUT2D eigenvalue weighted by Crippen LogP contribution is 2.21. The Labute approximate surface area is 141 Å². The standard InChI is InChI=1S/C19H21NO4/c1-13-6-3-4-9-16(13)17(12-19(22)23)20-18(21)11-14-7-5-8-15(10-14)24-2/h3-10,17H,11-12H2,1-2H3,(H,20,21)(H,22,23). The number of carboxylic acids is 1. The molecule has 5 nitrogen and oxygen atoms in total. The molecule has 0 saturated carbocycles. The van der Waals surface area contributed by atoms with Gasteiger partial charge in [-0.15, -0.1) is 0 Å². The molecule has 0 saturated heterocycles. The summed E-state index contributed by atoms with van der Waals surface area (Å²) in [5.74, 6) is -0.496. The lowest BCUT2D eigenvalue weighted by Gasteiger charge is -2.19. The molecule has 0 heterocycles. The van der Waals surface area contributed by atoms with E-state index in [0.29, 0.717) is 5.75 Å². The first-order valence-electron chi connectivity index (χ1n) is 7.69. The van der Waals surface area contributed by atoms with Crippen LogP contribution in [-0.2, 0) is 16.0 Å². The molecule has 0 aliphatic heterocycles. The van der Waals surface area contributed by atoms with Crippen molar-refractivity contribution in [2.75, 3.05) is 7.11 Å². The lowest BCUT2D eigenvalue weighted by atomic mass is 9.98. The number of aryl methyl sites for hydroxylation is 1. The van der Waals surface area contributed by atoms with Crippen molar-refractivity contribution in [1.29, 1.82) is 0 Å². The van der Waals surface area contributed by atoms with E-state index in [4.69, 9.17) is 9.84 Å². The minimum absolute atomic E-state index is 0.158. The molecule has 0 aromatic heterocycles. The van der Waals surface area contributed by atoms with E-state index in [0.717, 1.165) is 16.7 Å². The number of nitrogens with one attached hydrogen (secondary N) is 1. The highest BCUT2D eigenvalue weighted by Gasteiger charge is 2.19. The maximum absolute atomic E-state index is 12.3. The number of benzene rings is 2. The van der Waals surface area contributed by atoms with E-state index < -0.39 is 12.0 Å². The van der Waals surface area contributed by atoms with Crippen LogP contribution in [0, 0.1) is 6.92 Å². The fourth-order valence-corrected chi connectivity index (χ4v) is 2.60. The van der Waals surface area contributed by atoms with Crippen LogP contribution in [-0.4, -0.2) is 24.1 Å². The molecule has 2 aromatic rings. The number of hydrogen-bond acceptors (Lipinski definition) is 3. The second kappa shape index (κ2) is 8.15. The molecule has 1 unspecified atom stereocenters. The van der Waals surface area contributed by atoms with Gasteiger partial charge in [0, 0.05) is 0 Å². The van der Waals surface area contributed by atoms with Crippen LogP contribution in [0.1, 0.15) is 29.2 Å². The van der Waals surface area contributed by atoms with E-state index in [1.165, 1.54) is 0 Å². The van der Waals surface area contributed by atoms with Crippen LogP contribution >= 0.6 is 0 Å². The fraction of sp³-hybridized carbons (Fsp3) is 0.263. The average Bonchev–Trinajstić information content (AvgIpc) is 2.54. The molecule has 24 heavy (non-hydrogen) atoms. The SMILES string of the molecule is COc1cccc(CC(=O)NC(CC(=O)O)c2ccccc2C)c1. The first-order chi connectivity index (χ1) is 11.5. The van der Waals surface area contributed by atoms with Crippen LogP contribution in [0.5, 0.6) is 5.75 Å². The van der Waals surface area contributed by atoms with Crippen molar-refractivity contribution >= 4 is 11.9 Å². The van der Waals surface area contributed by atoms with Gasteiger partial charge in [-0.25, -0.2) is 0 Å². The van der Waals surface area contributed by atoms with Crippen molar-refractivity contribution in [1.82, 2.24) is 5.32 Å². The Morgan fingerprint density at radius 3 is 2.58 bits per heavy atom. The second-order valence-corrected chi connectivity index (χ2v) is 5.60. The van der Waals surface area contributed by atoms with Gasteiger partial charge >= 0.3 is 5.97 Å². The molecule has 0 fully saturated rings. The van der Waals surface area contributed by atoms with Crippen molar-refractivity contribution in [2.24, 2.45) is 0 Å². The first-order valence-corrected chi connectivity index (χ1v) is 7.69. The summed E-state index contributed by atoms with van der Waals surface area (Å²) in [6.07, 6.45) is 0.00784. The van der Waals surface area contributed by atoms with Gasteiger partial charge in [0.15, 0.2) is 0 Å². The number of ether oxygens (including phenoxy) is 1. The van der Waals surface area contributed by atoms with Crippen LogP contribution in [0.25, 0.3) is 0 Å². The van der Waals surface area contributed by atoms with E-state index in [1.807, 2.05) is 49.4 Å². The molecular formula is C19H21NO4. The molecule has 1 atom stereocenters. The zero-order valence-corrected chi connectivity index (χ0v) is 13.8. The maximum atomic E-state index is 12.3. The van der Waals surface area contributed by atoms with E-state index in [-0.39, 0.29) is 18.7 Å². The topological polar surface area (TPSA) is 75.6 Å². The minimum atomic E-state index is -0.954. The van der Waals surface area contributed by atoms with Gasteiger partial charge in [-0.3, -0.25) is 9.59 Å². The smallest absolute Gasteiger partial charge is 0.305 e. The van der Waals surface area contributed by atoms with Crippen LogP contribution in [0.2, 0.25) is 0 Å². The van der Waals surface area contributed by atoms with E-state index in [9.17, 15) is 9.59 Å². The number of amides is 1. The summed E-state index contributed by atoms with van der Waals surface area (Å²) in [7, 11) is 1.57. The number of hydrogen-bond donors (Lipinski definition) is 2. The molecule has 0 radical (unpaired) electrons. The molecule has 5 heteroatoms. The van der Waals surface area contributed by atoms with Crippen LogP contribution in [0.3, 0.4) is 0 Å². The van der Waals surface area contributed by atoms with Gasteiger partial charge in [0.05, 0.1) is 26.0 Å². The average molecular weight is 327 g/mol. The Bertz CT molecular complexity index is 727. The summed E-state index contributed by atoms with van der Waals surface area (Å²) in [5, 5.41) is 12.0. The first kappa shape index (κ1) is 17.5. The number of carboxylic acid groups (broad SMARTS) is 1. The molecule has 2 aromatic carbocycles. The second-order valence-electron chi connectivity index (χ2n) is 5.60. The third kappa shape index (κ3) is 4.84. The Morgan fingerprint density at radius 2 is 1.92 bits per heavy atom. The zero-order chi connectivity index (χ0) is 17.5. The Morgan fingerprint density at radius 1 is 1.17 bits per heavy atom. The number of rotatable bonds is 7. The number of aliphatic carboxylic acids is 1. The van der Waals surface area contributed by atoms with Crippen molar-refractivity contribution < 1.29 is 19.4 Å². The third-order valence-corrected chi connectivity index (χ3v) is 3.78. The molecule has 0 aliphatic carbocycles. The van der Waals surface area contributed by atoms with E-state index in [1.54, 1.807) is 13.2 Å². The number of carbonyl (C=O) groups is 2. The van der Waals surface area contributed by atoms with Crippen molar-refractivity contribution in [3.05, 3.63) is 65.2 Å². The molecule has 2 rings (SSSR count). The summed E-state index contributed by atoms with van der Waals surface area (Å²) in [5.41, 5.74) is 2.58. The molecule has 2 N–H and O–H groups in total. The van der Waals surface area contributed by atoms with Gasteiger partial charge in [0.2, 0.25) is 5.91 Å². The minimum Gasteiger partial charge on any atom is -0.497 e. The third-order valence-electron chi connectivity index (χ3n) is 3.78. The number of carbonyl (C=O) groups excluding carboxylic acids is 1. The van der Waals surface area contributed by atoms with E-state index in [2.05, 4.69) is 5.32 Å². The predicted molar refractivity (Wildman–Crippen MR) is 91.0 cm³/mol. The van der Waals surface area contributed by atoms with Gasteiger partial charge < -0.3 is 15.2 Å². The molecule has 0 bridgehead atoms. The predicted octanol–water partition coefficient (Wildman–Crippen LogP) is 2.88.